The molecule has 0 aromatic carbocycles. The van der Waals surface area contributed by atoms with E-state index >= 15 is 0 Å². The molecule has 1 heterocycles. The average Bonchev–Trinajstić information content (AvgIpc) is 2.61. The van der Waals surface area contributed by atoms with Crippen LogP contribution in [-0.4, -0.2) is 25.2 Å². The van der Waals surface area contributed by atoms with E-state index in [1.54, 1.807) is 18.4 Å². The predicted molar refractivity (Wildman–Crippen MR) is 71.4 cm³/mol. The van der Waals surface area contributed by atoms with Crippen LogP contribution in [0.1, 0.15) is 25.6 Å². The molecule has 4 nitrogen and oxygen atoms in total. The minimum absolute atomic E-state index is 0.0409. The molecule has 5 heteroatoms. The Morgan fingerprint density at radius 3 is 2.82 bits per heavy atom. The molecule has 1 aromatic rings. The molecule has 0 fully saturated rings. The second-order valence-corrected chi connectivity index (χ2v) is 5.61. The second kappa shape index (κ2) is 6.14. The molecular weight excluding hydrogens is 236 g/mol. The predicted octanol–water partition coefficient (Wildman–Crippen LogP) is 2.22. The number of hydrogen-bond donors (Lipinski definition) is 2. The molecule has 0 aliphatic rings. The van der Waals surface area contributed by atoms with Gasteiger partial charge in [-0.25, -0.2) is 0 Å². The third kappa shape index (κ3) is 4.85. The molecule has 0 atom stereocenters. The van der Waals surface area contributed by atoms with Gasteiger partial charge in [0.2, 0.25) is 5.91 Å². The molecule has 1 amide bonds. The number of rotatable bonds is 6. The van der Waals surface area contributed by atoms with Crippen molar-refractivity contribution in [1.82, 2.24) is 5.32 Å². The normalized spacial score (nSPS) is 11.5. The zero-order valence-corrected chi connectivity index (χ0v) is 11.6. The second-order valence-electron chi connectivity index (χ2n) is 4.61. The van der Waals surface area contributed by atoms with E-state index in [0.717, 1.165) is 17.1 Å². The van der Waals surface area contributed by atoms with Crippen LogP contribution in [0.25, 0.3) is 0 Å². The first-order chi connectivity index (χ1) is 7.94. The van der Waals surface area contributed by atoms with Crippen molar-refractivity contribution in [2.24, 2.45) is 0 Å². The average molecular weight is 256 g/mol. The van der Waals surface area contributed by atoms with Gasteiger partial charge in [-0.15, -0.1) is 11.3 Å². The summed E-state index contributed by atoms with van der Waals surface area (Å²) in [6.45, 7) is 7.06. The molecule has 0 radical (unpaired) electrons. The number of ether oxygens (including phenoxy) is 1. The van der Waals surface area contributed by atoms with E-state index in [9.17, 15) is 4.79 Å². The van der Waals surface area contributed by atoms with Crippen molar-refractivity contribution >= 4 is 22.9 Å². The van der Waals surface area contributed by atoms with Gasteiger partial charge in [-0.3, -0.25) is 4.79 Å². The highest BCUT2D eigenvalue weighted by Gasteiger charge is 2.17. The van der Waals surface area contributed by atoms with E-state index in [2.05, 4.69) is 24.5 Å². The summed E-state index contributed by atoms with van der Waals surface area (Å²) in [7, 11) is 1.69. The zero-order chi connectivity index (χ0) is 12.9. The molecule has 96 valence electrons. The molecule has 0 bridgehead atoms. The van der Waals surface area contributed by atoms with Crippen LogP contribution in [0.4, 0.5) is 5.69 Å². The SMILES string of the molecule is COCC(C)(C)NCc1sccc1NC(C)=O. The van der Waals surface area contributed by atoms with E-state index in [4.69, 9.17) is 4.74 Å². The lowest BCUT2D eigenvalue weighted by Gasteiger charge is -2.25. The lowest BCUT2D eigenvalue weighted by molar-refractivity contribution is -0.114. The van der Waals surface area contributed by atoms with E-state index in [0.29, 0.717) is 6.61 Å². The summed E-state index contributed by atoms with van der Waals surface area (Å²) in [5.74, 6) is -0.0409. The van der Waals surface area contributed by atoms with Crippen LogP contribution in [-0.2, 0) is 16.1 Å². The van der Waals surface area contributed by atoms with Gasteiger partial charge in [-0.1, -0.05) is 0 Å². The number of anilines is 1. The van der Waals surface area contributed by atoms with Crippen LogP contribution in [0.15, 0.2) is 11.4 Å². The van der Waals surface area contributed by atoms with Crippen LogP contribution in [0.5, 0.6) is 0 Å². The molecule has 0 aliphatic carbocycles. The summed E-state index contributed by atoms with van der Waals surface area (Å²) in [4.78, 5) is 12.1. The fraction of sp³-hybridized carbons (Fsp3) is 0.583. The number of nitrogens with one attached hydrogen (secondary N) is 2. The minimum Gasteiger partial charge on any atom is -0.383 e. The van der Waals surface area contributed by atoms with Crippen molar-refractivity contribution in [3.8, 4) is 0 Å². The van der Waals surface area contributed by atoms with E-state index in [-0.39, 0.29) is 11.4 Å². The highest BCUT2D eigenvalue weighted by molar-refractivity contribution is 7.10. The third-order valence-electron chi connectivity index (χ3n) is 2.29. The Morgan fingerprint density at radius 2 is 2.24 bits per heavy atom. The van der Waals surface area contributed by atoms with Crippen molar-refractivity contribution < 1.29 is 9.53 Å². The molecule has 17 heavy (non-hydrogen) atoms. The van der Waals surface area contributed by atoms with Gasteiger partial charge >= 0.3 is 0 Å². The molecule has 0 unspecified atom stereocenters. The topological polar surface area (TPSA) is 50.4 Å². The van der Waals surface area contributed by atoms with E-state index in [1.165, 1.54) is 6.92 Å². The van der Waals surface area contributed by atoms with Gasteiger partial charge < -0.3 is 15.4 Å². The first kappa shape index (κ1) is 14.2. The molecule has 1 aromatic heterocycles. The zero-order valence-electron chi connectivity index (χ0n) is 10.8. The van der Waals surface area contributed by atoms with Crippen LogP contribution < -0.4 is 10.6 Å². The number of thiophene rings is 1. The Morgan fingerprint density at radius 1 is 1.53 bits per heavy atom. The van der Waals surface area contributed by atoms with Gasteiger partial charge in [0.25, 0.3) is 0 Å². The van der Waals surface area contributed by atoms with Gasteiger partial charge in [-0.05, 0) is 25.3 Å². The Balaban J connectivity index is 2.57. The van der Waals surface area contributed by atoms with Gasteiger partial charge in [0, 0.05) is 31.0 Å². The maximum absolute atomic E-state index is 11.0. The van der Waals surface area contributed by atoms with E-state index in [1.807, 2.05) is 11.4 Å². The summed E-state index contributed by atoms with van der Waals surface area (Å²) >= 11 is 1.63. The first-order valence-electron chi connectivity index (χ1n) is 5.52. The number of amides is 1. The van der Waals surface area contributed by atoms with Crippen molar-refractivity contribution in [3.63, 3.8) is 0 Å². The maximum atomic E-state index is 11.0. The fourth-order valence-electron chi connectivity index (χ4n) is 1.51. The van der Waals surface area contributed by atoms with Crippen LogP contribution >= 0.6 is 11.3 Å². The molecule has 0 spiro atoms. The molecule has 1 rings (SSSR count). The Labute approximate surface area is 106 Å². The van der Waals surface area contributed by atoms with Gasteiger partial charge in [0.1, 0.15) is 0 Å². The quantitative estimate of drug-likeness (QED) is 0.820. The summed E-state index contributed by atoms with van der Waals surface area (Å²) < 4.78 is 5.14. The lowest BCUT2D eigenvalue weighted by Crippen LogP contribution is -2.42. The van der Waals surface area contributed by atoms with Gasteiger partial charge in [0.05, 0.1) is 12.3 Å². The van der Waals surface area contributed by atoms with Gasteiger partial charge in [0.15, 0.2) is 0 Å². The van der Waals surface area contributed by atoms with Crippen molar-refractivity contribution in [2.45, 2.75) is 32.9 Å². The third-order valence-corrected chi connectivity index (χ3v) is 3.21. The Kier molecular flexibility index (Phi) is 5.11. The van der Waals surface area contributed by atoms with Crippen LogP contribution in [0.3, 0.4) is 0 Å². The summed E-state index contributed by atoms with van der Waals surface area (Å²) in [5, 5.41) is 8.21. The molecule has 2 N–H and O–H groups in total. The highest BCUT2D eigenvalue weighted by atomic mass is 32.1. The number of carbonyl (C=O) groups excluding carboxylic acids is 1. The standard InChI is InChI=1S/C12H20N2O2S/c1-9(15)14-10-5-6-17-11(10)7-13-12(2,3)8-16-4/h5-6,13H,7-8H2,1-4H3,(H,14,15). The summed E-state index contributed by atoms with van der Waals surface area (Å²) in [6.07, 6.45) is 0. The van der Waals surface area contributed by atoms with Crippen molar-refractivity contribution in [2.75, 3.05) is 19.0 Å². The fourth-order valence-corrected chi connectivity index (χ4v) is 2.28. The van der Waals surface area contributed by atoms with Crippen LogP contribution in [0, 0.1) is 0 Å². The molecule has 0 saturated carbocycles. The monoisotopic (exact) mass is 256 g/mol. The number of hydrogen-bond acceptors (Lipinski definition) is 4. The number of carbonyl (C=O) groups is 1. The molecule has 0 saturated heterocycles. The largest absolute Gasteiger partial charge is 0.383 e. The minimum atomic E-state index is -0.0771. The van der Waals surface area contributed by atoms with Gasteiger partial charge in [-0.2, -0.15) is 0 Å². The highest BCUT2D eigenvalue weighted by Crippen LogP contribution is 2.22. The maximum Gasteiger partial charge on any atom is 0.221 e. The summed E-state index contributed by atoms with van der Waals surface area (Å²) in [6, 6.07) is 1.92. The van der Waals surface area contributed by atoms with E-state index < -0.39 is 0 Å². The molecular formula is C12H20N2O2S. The van der Waals surface area contributed by atoms with Crippen LogP contribution in [0.2, 0.25) is 0 Å². The smallest absolute Gasteiger partial charge is 0.221 e. The molecule has 0 aliphatic heterocycles. The Bertz CT molecular complexity index is 374. The summed E-state index contributed by atoms with van der Waals surface area (Å²) in [5.41, 5.74) is 0.815. The van der Waals surface area contributed by atoms with Crippen molar-refractivity contribution in [3.05, 3.63) is 16.3 Å². The number of methoxy groups -OCH3 is 1. The van der Waals surface area contributed by atoms with Crippen molar-refractivity contribution in [1.29, 1.82) is 0 Å². The Hall–Kier alpha value is -0.910. The lowest BCUT2D eigenvalue weighted by atomic mass is 10.1. The first-order valence-corrected chi connectivity index (χ1v) is 6.40.